The molecule has 0 saturated heterocycles. The van der Waals surface area contributed by atoms with E-state index in [2.05, 4.69) is 10.5 Å². The molecular formula is C19H14Cl2N2O3. The van der Waals surface area contributed by atoms with Crippen molar-refractivity contribution in [2.24, 2.45) is 5.10 Å². The smallest absolute Gasteiger partial charge is 0.307 e. The molecule has 0 aliphatic rings. The molecule has 0 spiro atoms. The van der Waals surface area contributed by atoms with Gasteiger partial charge in [-0.3, -0.25) is 4.79 Å². The third-order valence-electron chi connectivity index (χ3n) is 3.43. The van der Waals surface area contributed by atoms with Crippen LogP contribution in [-0.2, 0) is 6.61 Å². The minimum atomic E-state index is -0.433. The summed E-state index contributed by atoms with van der Waals surface area (Å²) in [6.07, 6.45) is 2.92. The Morgan fingerprint density at radius 3 is 2.77 bits per heavy atom. The molecule has 1 heterocycles. The summed E-state index contributed by atoms with van der Waals surface area (Å²) in [4.78, 5) is 11.8. The lowest BCUT2D eigenvalue weighted by Gasteiger charge is -2.10. The number of halogens is 2. The normalized spacial score (nSPS) is 10.8. The highest BCUT2D eigenvalue weighted by molar-refractivity contribution is 6.35. The van der Waals surface area contributed by atoms with Gasteiger partial charge in [0.2, 0.25) is 0 Å². The van der Waals surface area contributed by atoms with Gasteiger partial charge in [0.1, 0.15) is 12.4 Å². The number of hydrogen-bond acceptors (Lipinski definition) is 4. The van der Waals surface area contributed by atoms with E-state index in [9.17, 15) is 4.79 Å². The maximum Gasteiger partial charge on any atom is 0.307 e. The van der Waals surface area contributed by atoms with Gasteiger partial charge in [0.25, 0.3) is 0 Å². The first kappa shape index (κ1) is 18.0. The van der Waals surface area contributed by atoms with Crippen LogP contribution >= 0.6 is 23.2 Å². The van der Waals surface area contributed by atoms with Gasteiger partial charge in [0.15, 0.2) is 5.76 Å². The van der Waals surface area contributed by atoms with Crippen molar-refractivity contribution in [1.29, 1.82) is 0 Å². The van der Waals surface area contributed by atoms with Crippen molar-refractivity contribution in [1.82, 2.24) is 5.43 Å². The first-order valence-corrected chi connectivity index (χ1v) is 8.42. The summed E-state index contributed by atoms with van der Waals surface area (Å²) in [5, 5.41) is 5.04. The second-order valence-corrected chi connectivity index (χ2v) is 6.08. The number of carbonyl (C=O) groups is 1. The number of rotatable bonds is 6. The van der Waals surface area contributed by atoms with Crippen LogP contribution in [0.4, 0.5) is 0 Å². The van der Waals surface area contributed by atoms with Crippen LogP contribution in [0.2, 0.25) is 10.0 Å². The van der Waals surface area contributed by atoms with Crippen LogP contribution in [0.3, 0.4) is 0 Å². The molecule has 26 heavy (non-hydrogen) atoms. The van der Waals surface area contributed by atoms with Crippen LogP contribution in [0.5, 0.6) is 5.75 Å². The SMILES string of the molecule is O=C(N/N=C/c1ccccc1OCc1ccc(Cl)cc1Cl)c1ccco1. The van der Waals surface area contributed by atoms with E-state index >= 15 is 0 Å². The molecule has 7 heteroatoms. The van der Waals surface area contributed by atoms with Crippen molar-refractivity contribution in [2.45, 2.75) is 6.61 Å². The lowest BCUT2D eigenvalue weighted by Crippen LogP contribution is -2.16. The molecule has 1 aromatic heterocycles. The van der Waals surface area contributed by atoms with Crippen molar-refractivity contribution in [3.8, 4) is 5.75 Å². The second-order valence-electron chi connectivity index (χ2n) is 5.24. The van der Waals surface area contributed by atoms with Crippen LogP contribution in [0.25, 0.3) is 0 Å². The summed E-state index contributed by atoms with van der Waals surface area (Å²) in [5.74, 6) is 0.358. The first-order valence-electron chi connectivity index (χ1n) is 7.66. The average molecular weight is 389 g/mol. The minimum absolute atomic E-state index is 0.184. The largest absolute Gasteiger partial charge is 0.488 e. The van der Waals surface area contributed by atoms with Crippen LogP contribution < -0.4 is 10.2 Å². The van der Waals surface area contributed by atoms with Crippen LogP contribution in [-0.4, -0.2) is 12.1 Å². The Kier molecular flexibility index (Phi) is 5.94. The molecule has 0 saturated carbocycles. The Morgan fingerprint density at radius 1 is 1.15 bits per heavy atom. The van der Waals surface area contributed by atoms with Gasteiger partial charge in [0, 0.05) is 21.2 Å². The number of carbonyl (C=O) groups excluding carboxylic acids is 1. The standard InChI is InChI=1S/C19H14Cl2N2O3/c20-15-8-7-14(16(21)10-15)12-26-17-5-2-1-4-13(17)11-22-23-19(24)18-6-3-9-25-18/h1-11H,12H2,(H,23,24)/b22-11+. The molecule has 5 nitrogen and oxygen atoms in total. The van der Waals surface area contributed by atoms with Gasteiger partial charge in [-0.2, -0.15) is 5.10 Å². The molecular weight excluding hydrogens is 375 g/mol. The molecule has 0 aliphatic carbocycles. The van der Waals surface area contributed by atoms with Crippen molar-refractivity contribution >= 4 is 35.3 Å². The molecule has 0 aliphatic heterocycles. The van der Waals surface area contributed by atoms with Crippen molar-refractivity contribution in [2.75, 3.05) is 0 Å². The van der Waals surface area contributed by atoms with Gasteiger partial charge >= 0.3 is 5.91 Å². The van der Waals surface area contributed by atoms with Crippen molar-refractivity contribution < 1.29 is 13.9 Å². The number of benzene rings is 2. The van der Waals surface area contributed by atoms with E-state index in [1.165, 1.54) is 12.5 Å². The number of amides is 1. The number of hydrazone groups is 1. The van der Waals surface area contributed by atoms with Crippen molar-refractivity contribution in [3.63, 3.8) is 0 Å². The quantitative estimate of drug-likeness (QED) is 0.480. The second kappa shape index (κ2) is 8.56. The van der Waals surface area contributed by atoms with E-state index in [0.717, 1.165) is 5.56 Å². The van der Waals surface area contributed by atoms with Crippen LogP contribution in [0.15, 0.2) is 70.4 Å². The van der Waals surface area contributed by atoms with Crippen molar-refractivity contribution in [3.05, 3.63) is 87.8 Å². The summed E-state index contributed by atoms with van der Waals surface area (Å²) in [6.45, 7) is 0.277. The third-order valence-corrected chi connectivity index (χ3v) is 4.02. The lowest BCUT2D eigenvalue weighted by molar-refractivity contribution is 0.0927. The van der Waals surface area contributed by atoms with Gasteiger partial charge in [-0.05, 0) is 36.4 Å². The maximum atomic E-state index is 11.8. The van der Waals surface area contributed by atoms with E-state index in [4.69, 9.17) is 32.4 Å². The third kappa shape index (κ3) is 4.65. The predicted molar refractivity (Wildman–Crippen MR) is 101 cm³/mol. The van der Waals surface area contributed by atoms with Gasteiger partial charge in [-0.15, -0.1) is 0 Å². The average Bonchev–Trinajstić information content (AvgIpc) is 3.17. The first-order chi connectivity index (χ1) is 12.6. The highest BCUT2D eigenvalue weighted by Crippen LogP contribution is 2.23. The van der Waals surface area contributed by atoms with Crippen LogP contribution in [0.1, 0.15) is 21.7 Å². The molecule has 3 rings (SSSR count). The summed E-state index contributed by atoms with van der Waals surface area (Å²) >= 11 is 12.1. The van der Waals surface area contributed by atoms with E-state index in [0.29, 0.717) is 21.4 Å². The van der Waals surface area contributed by atoms with E-state index in [1.54, 1.807) is 30.3 Å². The summed E-state index contributed by atoms with van der Waals surface area (Å²) < 4.78 is 10.8. The highest BCUT2D eigenvalue weighted by atomic mass is 35.5. The van der Waals surface area contributed by atoms with Gasteiger partial charge in [0.05, 0.1) is 12.5 Å². The number of furan rings is 1. The predicted octanol–water partition coefficient (Wildman–Crippen LogP) is 4.93. The molecule has 0 radical (unpaired) electrons. The highest BCUT2D eigenvalue weighted by Gasteiger charge is 2.07. The minimum Gasteiger partial charge on any atom is -0.488 e. The zero-order valence-electron chi connectivity index (χ0n) is 13.5. The van der Waals surface area contributed by atoms with E-state index in [1.807, 2.05) is 24.3 Å². The fourth-order valence-electron chi connectivity index (χ4n) is 2.14. The Balaban J connectivity index is 1.66. The number of ether oxygens (including phenoxy) is 1. The Bertz CT molecular complexity index is 924. The number of para-hydroxylation sites is 1. The summed E-state index contributed by atoms with van der Waals surface area (Å²) in [7, 11) is 0. The Hall–Kier alpha value is -2.76. The fraction of sp³-hybridized carbons (Fsp3) is 0.0526. The van der Waals surface area contributed by atoms with E-state index < -0.39 is 5.91 Å². The van der Waals surface area contributed by atoms with E-state index in [-0.39, 0.29) is 12.4 Å². The summed E-state index contributed by atoms with van der Waals surface area (Å²) in [5.41, 5.74) is 3.92. The molecule has 2 aromatic carbocycles. The lowest BCUT2D eigenvalue weighted by atomic mass is 10.2. The Morgan fingerprint density at radius 2 is 2.00 bits per heavy atom. The molecule has 1 amide bonds. The zero-order valence-corrected chi connectivity index (χ0v) is 15.0. The fourth-order valence-corrected chi connectivity index (χ4v) is 2.60. The molecule has 0 unspecified atom stereocenters. The van der Waals surface area contributed by atoms with Crippen LogP contribution in [0, 0.1) is 0 Å². The van der Waals surface area contributed by atoms with Gasteiger partial charge < -0.3 is 9.15 Å². The van der Waals surface area contributed by atoms with Gasteiger partial charge in [-0.25, -0.2) is 5.43 Å². The maximum absolute atomic E-state index is 11.8. The number of hydrogen-bond donors (Lipinski definition) is 1. The monoisotopic (exact) mass is 388 g/mol. The molecule has 1 N–H and O–H groups in total. The number of nitrogens with one attached hydrogen (secondary N) is 1. The Labute approximate surface area is 160 Å². The topological polar surface area (TPSA) is 63.8 Å². The summed E-state index contributed by atoms with van der Waals surface area (Å²) in [6, 6.07) is 15.7. The molecule has 3 aromatic rings. The van der Waals surface area contributed by atoms with Gasteiger partial charge in [-0.1, -0.05) is 41.4 Å². The molecule has 132 valence electrons. The molecule has 0 bridgehead atoms. The molecule has 0 atom stereocenters. The molecule has 0 fully saturated rings. The zero-order chi connectivity index (χ0) is 18.4. The number of nitrogens with zero attached hydrogens (tertiary/aromatic N) is 1.